The molecule has 15 heavy (non-hydrogen) atoms. The average molecular weight is 204 g/mol. The molecule has 0 spiro atoms. The number of hydrogen-bond acceptors (Lipinski definition) is 2. The molecule has 1 aliphatic rings. The van der Waals surface area contributed by atoms with Crippen molar-refractivity contribution in [2.45, 2.75) is 25.4 Å². The lowest BCUT2D eigenvalue weighted by atomic mass is 10.1. The van der Waals surface area contributed by atoms with Crippen LogP contribution in [-0.2, 0) is 0 Å². The number of nitrogens with zero attached hydrogens (tertiary/aromatic N) is 1. The highest BCUT2D eigenvalue weighted by atomic mass is 15.2. The van der Waals surface area contributed by atoms with Crippen LogP contribution in [0.2, 0.25) is 0 Å². The van der Waals surface area contributed by atoms with Gasteiger partial charge in [-0.25, -0.2) is 0 Å². The molecular weight excluding hydrogens is 184 g/mol. The Balaban J connectivity index is 2.00. The lowest BCUT2D eigenvalue weighted by Gasteiger charge is -2.24. The molecule has 2 atom stereocenters. The summed E-state index contributed by atoms with van der Waals surface area (Å²) in [5, 5.41) is 3.36. The fraction of sp³-hybridized carbons (Fsp3) is 0.538. The number of rotatable bonds is 3. The summed E-state index contributed by atoms with van der Waals surface area (Å²) >= 11 is 0. The second-order valence-electron chi connectivity index (χ2n) is 4.36. The Morgan fingerprint density at radius 1 is 1.33 bits per heavy atom. The minimum atomic E-state index is 0.546. The fourth-order valence-electron chi connectivity index (χ4n) is 2.32. The maximum Gasteiger partial charge on any atom is 0.0320 e. The van der Waals surface area contributed by atoms with Crippen LogP contribution in [0.15, 0.2) is 30.3 Å². The van der Waals surface area contributed by atoms with Crippen LogP contribution in [0.4, 0.5) is 0 Å². The Morgan fingerprint density at radius 3 is 2.67 bits per heavy atom. The number of likely N-dealkylation sites (tertiary alicyclic amines) is 1. The van der Waals surface area contributed by atoms with Gasteiger partial charge in [0.1, 0.15) is 0 Å². The first-order valence-electron chi connectivity index (χ1n) is 5.77. The van der Waals surface area contributed by atoms with Gasteiger partial charge in [0.15, 0.2) is 0 Å². The van der Waals surface area contributed by atoms with Crippen molar-refractivity contribution in [3.05, 3.63) is 35.9 Å². The first kappa shape index (κ1) is 10.7. The molecule has 1 saturated heterocycles. The molecule has 1 heterocycles. The Hall–Kier alpha value is -0.860. The van der Waals surface area contributed by atoms with Gasteiger partial charge in [-0.3, -0.25) is 4.90 Å². The molecular formula is C13H20N2. The second-order valence-corrected chi connectivity index (χ2v) is 4.36. The van der Waals surface area contributed by atoms with Crippen molar-refractivity contribution in [3.63, 3.8) is 0 Å². The first-order chi connectivity index (χ1) is 7.31. The molecule has 1 aromatic carbocycles. The molecule has 1 aromatic rings. The summed E-state index contributed by atoms with van der Waals surface area (Å²) in [5.41, 5.74) is 1.43. The summed E-state index contributed by atoms with van der Waals surface area (Å²) < 4.78 is 0. The van der Waals surface area contributed by atoms with Crippen LogP contribution in [0.5, 0.6) is 0 Å². The maximum atomic E-state index is 3.36. The highest BCUT2D eigenvalue weighted by Crippen LogP contribution is 2.24. The van der Waals surface area contributed by atoms with Crippen molar-refractivity contribution in [1.29, 1.82) is 0 Å². The van der Waals surface area contributed by atoms with Gasteiger partial charge in [-0.15, -0.1) is 0 Å². The van der Waals surface area contributed by atoms with E-state index in [1.165, 1.54) is 25.1 Å². The summed E-state index contributed by atoms with van der Waals surface area (Å²) in [6, 6.07) is 12.0. The standard InChI is InChI=1S/C13H20N2/c1-11(12-6-4-3-5-7-12)15-9-8-13(10-15)14-2/h3-7,11,13-14H,8-10H2,1-2H3. The average Bonchev–Trinajstić information content (AvgIpc) is 2.78. The molecule has 0 saturated carbocycles. The molecule has 1 aliphatic heterocycles. The van der Waals surface area contributed by atoms with Gasteiger partial charge in [-0.05, 0) is 26.0 Å². The van der Waals surface area contributed by atoms with Crippen LogP contribution in [0.25, 0.3) is 0 Å². The monoisotopic (exact) mass is 204 g/mol. The normalized spacial score (nSPS) is 24.3. The molecule has 1 fully saturated rings. The van der Waals surface area contributed by atoms with Crippen LogP contribution >= 0.6 is 0 Å². The number of likely N-dealkylation sites (N-methyl/N-ethyl adjacent to an activating group) is 1. The Bertz CT molecular complexity index is 297. The zero-order valence-electron chi connectivity index (χ0n) is 9.61. The van der Waals surface area contributed by atoms with Gasteiger partial charge in [0.25, 0.3) is 0 Å². The third-order valence-corrected chi connectivity index (χ3v) is 3.46. The van der Waals surface area contributed by atoms with E-state index >= 15 is 0 Å². The molecule has 2 rings (SSSR count). The van der Waals surface area contributed by atoms with E-state index in [1.807, 2.05) is 0 Å². The van der Waals surface area contributed by atoms with Crippen molar-refractivity contribution >= 4 is 0 Å². The SMILES string of the molecule is CNC1CCN(C(C)c2ccccc2)C1. The molecule has 2 heteroatoms. The molecule has 1 N–H and O–H groups in total. The third-order valence-electron chi connectivity index (χ3n) is 3.46. The smallest absolute Gasteiger partial charge is 0.0320 e. The van der Waals surface area contributed by atoms with Gasteiger partial charge in [0, 0.05) is 25.2 Å². The van der Waals surface area contributed by atoms with Gasteiger partial charge in [-0.1, -0.05) is 30.3 Å². The van der Waals surface area contributed by atoms with Crippen molar-refractivity contribution in [1.82, 2.24) is 10.2 Å². The van der Waals surface area contributed by atoms with E-state index in [1.54, 1.807) is 0 Å². The Kier molecular flexibility index (Phi) is 3.39. The number of nitrogens with one attached hydrogen (secondary N) is 1. The van der Waals surface area contributed by atoms with Gasteiger partial charge in [0.05, 0.1) is 0 Å². The molecule has 0 amide bonds. The Labute approximate surface area is 92.3 Å². The summed E-state index contributed by atoms with van der Waals surface area (Å²) in [7, 11) is 2.06. The largest absolute Gasteiger partial charge is 0.316 e. The van der Waals surface area contributed by atoms with E-state index in [4.69, 9.17) is 0 Å². The summed E-state index contributed by atoms with van der Waals surface area (Å²) in [6.07, 6.45) is 1.27. The van der Waals surface area contributed by atoms with Crippen LogP contribution in [0, 0.1) is 0 Å². The third kappa shape index (κ3) is 2.39. The molecule has 2 nitrogen and oxygen atoms in total. The van der Waals surface area contributed by atoms with E-state index in [0.717, 1.165) is 0 Å². The highest BCUT2D eigenvalue weighted by Gasteiger charge is 2.25. The minimum Gasteiger partial charge on any atom is -0.316 e. The minimum absolute atomic E-state index is 0.546. The van der Waals surface area contributed by atoms with Gasteiger partial charge in [0.2, 0.25) is 0 Å². The lowest BCUT2D eigenvalue weighted by Crippen LogP contribution is -2.31. The quantitative estimate of drug-likeness (QED) is 0.810. The molecule has 2 unspecified atom stereocenters. The van der Waals surface area contributed by atoms with Crippen LogP contribution in [-0.4, -0.2) is 31.1 Å². The predicted molar refractivity (Wildman–Crippen MR) is 63.9 cm³/mol. The van der Waals surface area contributed by atoms with E-state index in [2.05, 4.69) is 54.5 Å². The van der Waals surface area contributed by atoms with Crippen molar-refractivity contribution in [2.24, 2.45) is 0 Å². The topological polar surface area (TPSA) is 15.3 Å². The fourth-order valence-corrected chi connectivity index (χ4v) is 2.32. The Morgan fingerprint density at radius 2 is 2.07 bits per heavy atom. The molecule has 82 valence electrons. The number of benzene rings is 1. The molecule has 0 aliphatic carbocycles. The first-order valence-corrected chi connectivity index (χ1v) is 5.77. The second kappa shape index (κ2) is 4.77. The van der Waals surface area contributed by atoms with Crippen LogP contribution in [0.1, 0.15) is 24.9 Å². The van der Waals surface area contributed by atoms with Gasteiger partial charge < -0.3 is 5.32 Å². The molecule has 0 radical (unpaired) electrons. The zero-order valence-corrected chi connectivity index (χ0v) is 9.61. The van der Waals surface area contributed by atoms with Crippen LogP contribution in [0.3, 0.4) is 0 Å². The van der Waals surface area contributed by atoms with Crippen LogP contribution < -0.4 is 5.32 Å². The van der Waals surface area contributed by atoms with Gasteiger partial charge in [-0.2, -0.15) is 0 Å². The predicted octanol–water partition coefficient (Wildman–Crippen LogP) is 2.04. The number of hydrogen-bond donors (Lipinski definition) is 1. The van der Waals surface area contributed by atoms with E-state index in [0.29, 0.717) is 12.1 Å². The summed E-state index contributed by atoms with van der Waals surface area (Å²) in [6.45, 7) is 4.68. The summed E-state index contributed by atoms with van der Waals surface area (Å²) in [5.74, 6) is 0. The highest BCUT2D eigenvalue weighted by molar-refractivity contribution is 5.18. The maximum absolute atomic E-state index is 3.36. The van der Waals surface area contributed by atoms with Crippen molar-refractivity contribution < 1.29 is 0 Å². The van der Waals surface area contributed by atoms with Crippen molar-refractivity contribution in [3.8, 4) is 0 Å². The molecule has 0 aromatic heterocycles. The zero-order chi connectivity index (χ0) is 10.7. The van der Waals surface area contributed by atoms with Crippen molar-refractivity contribution in [2.75, 3.05) is 20.1 Å². The summed E-state index contributed by atoms with van der Waals surface area (Å²) in [4.78, 5) is 2.55. The van der Waals surface area contributed by atoms with Gasteiger partial charge >= 0.3 is 0 Å². The lowest BCUT2D eigenvalue weighted by molar-refractivity contribution is 0.257. The van der Waals surface area contributed by atoms with E-state index < -0.39 is 0 Å². The van der Waals surface area contributed by atoms with E-state index in [-0.39, 0.29) is 0 Å². The molecule has 0 bridgehead atoms. The van der Waals surface area contributed by atoms with E-state index in [9.17, 15) is 0 Å².